The number of hydrazone groups is 1. The Morgan fingerprint density at radius 1 is 1.13 bits per heavy atom. The van der Waals surface area contributed by atoms with E-state index in [1.807, 2.05) is 0 Å². The Labute approximate surface area is 179 Å². The minimum atomic E-state index is -4.76. The standard InChI is InChI=1S/C23H25F3N2O3/c1-2-3-5-8-17-11-13-18(14-12-17)22(30)15-20(23(24,25)26)27-28(22)21(29)16-31-19-9-6-4-7-10-19/h4,6-7,9-14,30H,2-3,5,8,15-16H2,1H3. The maximum absolute atomic E-state index is 13.3. The molecule has 2 aromatic carbocycles. The highest BCUT2D eigenvalue weighted by atomic mass is 19.4. The molecule has 1 heterocycles. The van der Waals surface area contributed by atoms with Crippen molar-refractivity contribution < 1.29 is 27.8 Å². The van der Waals surface area contributed by atoms with Gasteiger partial charge in [0.15, 0.2) is 12.3 Å². The third kappa shape index (κ3) is 5.44. The number of hydrogen-bond acceptors (Lipinski definition) is 4. The topological polar surface area (TPSA) is 62.1 Å². The molecule has 1 aliphatic heterocycles. The smallest absolute Gasteiger partial charge is 0.431 e. The van der Waals surface area contributed by atoms with E-state index < -0.39 is 36.5 Å². The van der Waals surface area contributed by atoms with Crippen LogP contribution in [0, 0.1) is 0 Å². The van der Waals surface area contributed by atoms with Gasteiger partial charge < -0.3 is 9.84 Å². The second-order valence-electron chi connectivity index (χ2n) is 7.50. The number of nitrogens with zero attached hydrogens (tertiary/aromatic N) is 2. The molecule has 1 atom stereocenters. The van der Waals surface area contributed by atoms with Crippen molar-refractivity contribution in [3.05, 3.63) is 65.7 Å². The van der Waals surface area contributed by atoms with Crippen LogP contribution in [0.4, 0.5) is 13.2 Å². The number of carbonyl (C=O) groups excluding carboxylic acids is 1. The van der Waals surface area contributed by atoms with Crippen molar-refractivity contribution in [3.63, 3.8) is 0 Å². The molecule has 0 radical (unpaired) electrons. The first kappa shape index (κ1) is 22.8. The first-order valence-electron chi connectivity index (χ1n) is 10.2. The summed E-state index contributed by atoms with van der Waals surface area (Å²) in [6.45, 7) is 1.54. The minimum absolute atomic E-state index is 0.169. The van der Waals surface area contributed by atoms with Gasteiger partial charge >= 0.3 is 6.18 Å². The lowest BCUT2D eigenvalue weighted by molar-refractivity contribution is -0.160. The lowest BCUT2D eigenvalue weighted by Crippen LogP contribution is -2.45. The van der Waals surface area contributed by atoms with Gasteiger partial charge in [0.25, 0.3) is 5.91 Å². The Hall–Kier alpha value is -2.87. The molecular weight excluding hydrogens is 409 g/mol. The molecule has 0 aromatic heterocycles. The Balaban J connectivity index is 1.81. The van der Waals surface area contributed by atoms with Gasteiger partial charge in [0.05, 0.1) is 6.42 Å². The quantitative estimate of drug-likeness (QED) is 0.608. The summed E-state index contributed by atoms with van der Waals surface area (Å²) < 4.78 is 45.4. The molecule has 3 rings (SSSR count). The molecular formula is C23H25F3N2O3. The van der Waals surface area contributed by atoms with E-state index in [1.54, 1.807) is 54.6 Å². The van der Waals surface area contributed by atoms with Crippen LogP contribution in [-0.2, 0) is 16.9 Å². The highest BCUT2D eigenvalue weighted by molar-refractivity contribution is 5.94. The lowest BCUT2D eigenvalue weighted by atomic mass is 9.95. The van der Waals surface area contributed by atoms with Gasteiger partial charge in [-0.3, -0.25) is 4.79 Å². The number of unbranched alkanes of at least 4 members (excludes halogenated alkanes) is 2. The van der Waals surface area contributed by atoms with Crippen LogP contribution < -0.4 is 4.74 Å². The van der Waals surface area contributed by atoms with E-state index in [0.717, 1.165) is 31.2 Å². The van der Waals surface area contributed by atoms with Crippen molar-refractivity contribution in [3.8, 4) is 5.75 Å². The average Bonchev–Trinajstić information content (AvgIpc) is 3.13. The highest BCUT2D eigenvalue weighted by Gasteiger charge is 2.53. The van der Waals surface area contributed by atoms with Crippen LogP contribution in [0.5, 0.6) is 5.75 Å². The van der Waals surface area contributed by atoms with E-state index >= 15 is 0 Å². The molecule has 1 N–H and O–H groups in total. The number of carbonyl (C=O) groups is 1. The first-order chi connectivity index (χ1) is 14.7. The van der Waals surface area contributed by atoms with Crippen LogP contribution >= 0.6 is 0 Å². The van der Waals surface area contributed by atoms with Gasteiger partial charge in [-0.2, -0.15) is 23.3 Å². The van der Waals surface area contributed by atoms with Crippen molar-refractivity contribution in [2.45, 2.75) is 50.9 Å². The lowest BCUT2D eigenvalue weighted by Gasteiger charge is -2.31. The van der Waals surface area contributed by atoms with Crippen LogP contribution in [0.1, 0.15) is 43.7 Å². The summed E-state index contributed by atoms with van der Waals surface area (Å²) in [6.07, 6.45) is -1.60. The van der Waals surface area contributed by atoms with Crippen LogP contribution in [-0.4, -0.2) is 34.5 Å². The largest absolute Gasteiger partial charge is 0.484 e. The maximum Gasteiger partial charge on any atom is 0.431 e. The van der Waals surface area contributed by atoms with E-state index in [4.69, 9.17) is 4.74 Å². The predicted molar refractivity (Wildman–Crippen MR) is 110 cm³/mol. The molecule has 8 heteroatoms. The number of aryl methyl sites for hydroxylation is 1. The molecule has 2 aromatic rings. The van der Waals surface area contributed by atoms with Crippen molar-refractivity contribution in [1.82, 2.24) is 5.01 Å². The zero-order valence-electron chi connectivity index (χ0n) is 17.2. The number of para-hydroxylation sites is 1. The monoisotopic (exact) mass is 434 g/mol. The number of alkyl halides is 3. The van der Waals surface area contributed by atoms with Gasteiger partial charge in [-0.25, -0.2) is 0 Å². The molecule has 1 amide bonds. The van der Waals surface area contributed by atoms with E-state index in [0.29, 0.717) is 10.8 Å². The Morgan fingerprint density at radius 3 is 2.42 bits per heavy atom. The normalized spacial score (nSPS) is 18.7. The molecule has 0 saturated carbocycles. The van der Waals surface area contributed by atoms with E-state index in [-0.39, 0.29) is 5.56 Å². The van der Waals surface area contributed by atoms with Crippen LogP contribution in [0.25, 0.3) is 0 Å². The predicted octanol–water partition coefficient (Wildman–Crippen LogP) is 4.79. The van der Waals surface area contributed by atoms with E-state index in [2.05, 4.69) is 12.0 Å². The van der Waals surface area contributed by atoms with Gasteiger partial charge in [-0.1, -0.05) is 62.2 Å². The maximum atomic E-state index is 13.3. The number of rotatable bonds is 8. The molecule has 166 valence electrons. The second-order valence-corrected chi connectivity index (χ2v) is 7.50. The van der Waals surface area contributed by atoms with Crippen molar-refractivity contribution >= 4 is 11.6 Å². The zero-order valence-corrected chi connectivity index (χ0v) is 17.2. The molecule has 0 saturated heterocycles. The Morgan fingerprint density at radius 2 is 1.81 bits per heavy atom. The summed E-state index contributed by atoms with van der Waals surface area (Å²) in [5.74, 6) is -0.493. The number of amides is 1. The molecule has 0 bridgehead atoms. The van der Waals surface area contributed by atoms with Gasteiger partial charge in [0.1, 0.15) is 11.5 Å². The molecule has 1 aliphatic rings. The number of benzene rings is 2. The molecule has 0 aliphatic carbocycles. The van der Waals surface area contributed by atoms with E-state index in [1.165, 1.54) is 0 Å². The van der Waals surface area contributed by atoms with Crippen molar-refractivity contribution in [1.29, 1.82) is 0 Å². The Kier molecular flexibility index (Phi) is 7.00. The summed E-state index contributed by atoms with van der Waals surface area (Å²) in [4.78, 5) is 12.7. The first-order valence-corrected chi connectivity index (χ1v) is 10.2. The molecule has 1 unspecified atom stereocenters. The van der Waals surface area contributed by atoms with Gasteiger partial charge in [0.2, 0.25) is 0 Å². The number of hydrogen-bond donors (Lipinski definition) is 1. The Bertz CT molecular complexity index is 914. The van der Waals surface area contributed by atoms with Gasteiger partial charge in [0, 0.05) is 5.56 Å². The fourth-order valence-electron chi connectivity index (χ4n) is 3.43. The summed E-state index contributed by atoms with van der Waals surface area (Å²) >= 11 is 0. The summed E-state index contributed by atoms with van der Waals surface area (Å²) in [6, 6.07) is 15.0. The average molecular weight is 434 g/mol. The third-order valence-corrected chi connectivity index (χ3v) is 5.14. The second kappa shape index (κ2) is 9.51. The molecule has 5 nitrogen and oxygen atoms in total. The van der Waals surface area contributed by atoms with Gasteiger partial charge in [-0.15, -0.1) is 0 Å². The molecule has 0 spiro atoms. The number of ether oxygens (including phenoxy) is 1. The van der Waals surface area contributed by atoms with Crippen LogP contribution in [0.3, 0.4) is 0 Å². The van der Waals surface area contributed by atoms with Crippen LogP contribution in [0.2, 0.25) is 0 Å². The van der Waals surface area contributed by atoms with Crippen molar-refractivity contribution in [2.24, 2.45) is 5.10 Å². The third-order valence-electron chi connectivity index (χ3n) is 5.14. The number of aliphatic hydroxyl groups is 1. The van der Waals surface area contributed by atoms with E-state index in [9.17, 15) is 23.1 Å². The zero-order chi connectivity index (χ0) is 22.5. The SMILES string of the molecule is CCCCCc1ccc(C2(O)CC(C(F)(F)F)=NN2C(=O)COc2ccccc2)cc1. The van der Waals surface area contributed by atoms with Crippen molar-refractivity contribution in [2.75, 3.05) is 6.61 Å². The van der Waals surface area contributed by atoms with Gasteiger partial charge in [-0.05, 0) is 30.5 Å². The number of halogens is 3. The molecule has 31 heavy (non-hydrogen) atoms. The fraction of sp³-hybridized carbons (Fsp3) is 0.391. The summed E-state index contributed by atoms with van der Waals surface area (Å²) in [7, 11) is 0. The van der Waals surface area contributed by atoms with Crippen LogP contribution in [0.15, 0.2) is 59.7 Å². The summed E-state index contributed by atoms with van der Waals surface area (Å²) in [5, 5.41) is 15.1. The summed E-state index contributed by atoms with van der Waals surface area (Å²) in [5.41, 5.74) is -2.26. The molecule has 0 fully saturated rings. The highest BCUT2D eigenvalue weighted by Crippen LogP contribution is 2.39. The minimum Gasteiger partial charge on any atom is -0.484 e. The fourth-order valence-corrected chi connectivity index (χ4v) is 3.43.